The zero-order valence-corrected chi connectivity index (χ0v) is 28.4. The normalized spacial score (nSPS) is 17.5. The van der Waals surface area contributed by atoms with Gasteiger partial charge in [0, 0.05) is 25.1 Å². The number of aromatic nitrogens is 2. The van der Waals surface area contributed by atoms with E-state index in [0.29, 0.717) is 35.3 Å². The molecular formula is C39H50ClN3O4. The van der Waals surface area contributed by atoms with Crippen LogP contribution in [0.3, 0.4) is 0 Å². The molecule has 2 aliphatic rings. The van der Waals surface area contributed by atoms with E-state index in [9.17, 15) is 19.8 Å². The molecule has 47 heavy (non-hydrogen) atoms. The third kappa shape index (κ3) is 9.35. The molecule has 1 amide bonds. The van der Waals surface area contributed by atoms with Gasteiger partial charge in [-0.1, -0.05) is 124 Å². The second-order valence-corrected chi connectivity index (χ2v) is 13.9. The Hall–Kier alpha value is -3.42. The second kappa shape index (κ2) is 17.1. The molecule has 2 saturated carbocycles. The number of nitrogens with zero attached hydrogens (tertiary/aromatic N) is 2. The number of carboxylic acid groups (broad SMARTS) is 1. The standard InChI is InChI=1S/C39H50ClN3O4/c1-2-3-18-35-42-37(40)33(24-32(39(46)47)23-27-12-6-4-7-13-27)43(35)26-28-19-21-31(22-20-28)36(30-16-10-11-17-30)38(45)41-25-34(44)29-14-8-5-9-15-29/h5,8-9,14-15,19-22,24,27,30,34,36,44H,2-4,6-7,10-13,16-18,23,25-26H2,1H3,(H,41,45)(H,46,47). The summed E-state index contributed by atoms with van der Waals surface area (Å²) in [6.45, 7) is 2.81. The highest BCUT2D eigenvalue weighted by atomic mass is 35.5. The zero-order valence-electron chi connectivity index (χ0n) is 27.7. The van der Waals surface area contributed by atoms with Crippen molar-refractivity contribution < 1.29 is 19.8 Å². The first-order valence-corrected chi connectivity index (χ1v) is 18.0. The minimum atomic E-state index is -0.897. The number of hydrogen-bond acceptors (Lipinski definition) is 4. The molecule has 7 nitrogen and oxygen atoms in total. The number of aliphatic carboxylic acids is 1. The van der Waals surface area contributed by atoms with Gasteiger partial charge in [0.15, 0.2) is 5.15 Å². The summed E-state index contributed by atoms with van der Waals surface area (Å²) in [4.78, 5) is 30.7. The summed E-state index contributed by atoms with van der Waals surface area (Å²) in [6.07, 6.45) is 14.2. The molecular weight excluding hydrogens is 610 g/mol. The summed E-state index contributed by atoms with van der Waals surface area (Å²) in [5.41, 5.74) is 3.83. The van der Waals surface area contributed by atoms with E-state index in [1.165, 1.54) is 6.42 Å². The number of nitrogens with one attached hydrogen (secondary N) is 1. The van der Waals surface area contributed by atoms with Crippen molar-refractivity contribution in [1.29, 1.82) is 0 Å². The fourth-order valence-electron chi connectivity index (χ4n) is 7.44. The van der Waals surface area contributed by atoms with Gasteiger partial charge in [0.05, 0.1) is 17.7 Å². The Balaban J connectivity index is 1.37. The topological polar surface area (TPSA) is 104 Å². The smallest absolute Gasteiger partial charge is 0.331 e. The molecule has 0 spiro atoms. The molecule has 1 aromatic heterocycles. The quantitative estimate of drug-likeness (QED) is 0.142. The largest absolute Gasteiger partial charge is 0.478 e. The second-order valence-electron chi connectivity index (χ2n) is 13.5. The molecule has 2 aromatic carbocycles. The van der Waals surface area contributed by atoms with Crippen molar-refractivity contribution in [2.45, 2.75) is 109 Å². The van der Waals surface area contributed by atoms with Crippen LogP contribution < -0.4 is 5.32 Å². The highest BCUT2D eigenvalue weighted by molar-refractivity contribution is 6.30. The van der Waals surface area contributed by atoms with Crippen molar-refractivity contribution in [1.82, 2.24) is 14.9 Å². The van der Waals surface area contributed by atoms with E-state index in [1.807, 2.05) is 30.3 Å². The predicted molar refractivity (Wildman–Crippen MR) is 187 cm³/mol. The van der Waals surface area contributed by atoms with Gasteiger partial charge in [-0.05, 0) is 60.3 Å². The van der Waals surface area contributed by atoms with Gasteiger partial charge in [0.1, 0.15) is 5.82 Å². The molecule has 0 radical (unpaired) electrons. The number of amides is 1. The lowest BCUT2D eigenvalue weighted by Crippen LogP contribution is -2.35. The van der Waals surface area contributed by atoms with E-state index in [-0.39, 0.29) is 24.3 Å². The Kier molecular flexibility index (Phi) is 12.7. The summed E-state index contributed by atoms with van der Waals surface area (Å²) in [7, 11) is 0. The number of rotatable bonds is 15. The van der Waals surface area contributed by atoms with Gasteiger partial charge in [0.2, 0.25) is 5.91 Å². The molecule has 2 aliphatic carbocycles. The lowest BCUT2D eigenvalue weighted by Gasteiger charge is -2.24. The molecule has 5 rings (SSSR count). The molecule has 252 valence electrons. The van der Waals surface area contributed by atoms with E-state index >= 15 is 0 Å². The highest BCUT2D eigenvalue weighted by Gasteiger charge is 2.32. The van der Waals surface area contributed by atoms with E-state index in [1.54, 1.807) is 6.08 Å². The van der Waals surface area contributed by atoms with Gasteiger partial charge >= 0.3 is 5.97 Å². The predicted octanol–water partition coefficient (Wildman–Crippen LogP) is 8.49. The maximum Gasteiger partial charge on any atom is 0.331 e. The van der Waals surface area contributed by atoms with Crippen LogP contribution in [0.25, 0.3) is 6.08 Å². The number of hydrogen-bond donors (Lipinski definition) is 3. The number of carboxylic acids is 1. The number of aliphatic hydroxyl groups excluding tert-OH is 1. The highest BCUT2D eigenvalue weighted by Crippen LogP contribution is 2.38. The Morgan fingerprint density at radius 3 is 2.32 bits per heavy atom. The first-order chi connectivity index (χ1) is 22.8. The van der Waals surface area contributed by atoms with E-state index in [2.05, 4.69) is 41.1 Å². The van der Waals surface area contributed by atoms with Gasteiger partial charge < -0.3 is 20.1 Å². The van der Waals surface area contributed by atoms with Crippen LogP contribution in [0.4, 0.5) is 0 Å². The summed E-state index contributed by atoms with van der Waals surface area (Å²) in [5.74, 6) is 0.280. The van der Waals surface area contributed by atoms with Crippen LogP contribution in [-0.2, 0) is 22.6 Å². The maximum atomic E-state index is 13.6. The van der Waals surface area contributed by atoms with Crippen molar-refractivity contribution >= 4 is 29.6 Å². The number of carbonyl (C=O) groups is 2. The van der Waals surface area contributed by atoms with Crippen molar-refractivity contribution in [2.24, 2.45) is 11.8 Å². The number of aryl methyl sites for hydroxylation is 1. The third-order valence-corrected chi connectivity index (χ3v) is 10.4. The fourth-order valence-corrected chi connectivity index (χ4v) is 7.69. The Labute approximate surface area is 284 Å². The first-order valence-electron chi connectivity index (χ1n) is 17.6. The minimum Gasteiger partial charge on any atom is -0.478 e. The summed E-state index contributed by atoms with van der Waals surface area (Å²) >= 11 is 6.72. The summed E-state index contributed by atoms with van der Waals surface area (Å²) in [6, 6.07) is 17.6. The molecule has 8 heteroatoms. The number of aliphatic hydroxyl groups is 1. The third-order valence-electron chi connectivity index (χ3n) is 10.1. The summed E-state index contributed by atoms with van der Waals surface area (Å²) in [5, 5.41) is 24.2. The van der Waals surface area contributed by atoms with Gasteiger partial charge in [-0.15, -0.1) is 0 Å². The van der Waals surface area contributed by atoms with E-state index in [0.717, 1.165) is 93.1 Å². The van der Waals surface area contributed by atoms with Crippen molar-refractivity contribution in [3.8, 4) is 0 Å². The molecule has 2 fully saturated rings. The van der Waals surface area contributed by atoms with Crippen molar-refractivity contribution in [3.05, 3.63) is 93.5 Å². The molecule has 2 unspecified atom stereocenters. The van der Waals surface area contributed by atoms with Gasteiger partial charge in [0.25, 0.3) is 0 Å². The molecule has 0 saturated heterocycles. The number of unbranched alkanes of at least 4 members (excludes halogenated alkanes) is 1. The van der Waals surface area contributed by atoms with Crippen LogP contribution in [0.1, 0.15) is 124 Å². The lowest BCUT2D eigenvalue weighted by molar-refractivity contribution is -0.132. The average molecular weight is 660 g/mol. The fraction of sp³-hybridized carbons (Fsp3) is 0.513. The number of carbonyl (C=O) groups excluding carboxylic acids is 1. The zero-order chi connectivity index (χ0) is 33.2. The van der Waals surface area contributed by atoms with Crippen molar-refractivity contribution in [3.63, 3.8) is 0 Å². The van der Waals surface area contributed by atoms with Gasteiger partial charge in [-0.2, -0.15) is 0 Å². The Morgan fingerprint density at radius 2 is 1.66 bits per heavy atom. The van der Waals surface area contributed by atoms with E-state index in [4.69, 9.17) is 16.6 Å². The number of halogens is 1. The maximum absolute atomic E-state index is 13.6. The first kappa shape index (κ1) is 34.9. The summed E-state index contributed by atoms with van der Waals surface area (Å²) < 4.78 is 2.07. The van der Waals surface area contributed by atoms with E-state index < -0.39 is 12.1 Å². The van der Waals surface area contributed by atoms with Crippen LogP contribution in [0.15, 0.2) is 60.2 Å². The van der Waals surface area contributed by atoms with Crippen molar-refractivity contribution in [2.75, 3.05) is 6.54 Å². The van der Waals surface area contributed by atoms with Crippen LogP contribution >= 0.6 is 11.6 Å². The van der Waals surface area contributed by atoms with Crippen LogP contribution in [0.2, 0.25) is 5.15 Å². The molecule has 0 bridgehead atoms. The number of imidazole rings is 1. The Morgan fingerprint density at radius 1 is 0.979 bits per heavy atom. The van der Waals surface area contributed by atoms with Gasteiger partial charge in [-0.3, -0.25) is 4.79 Å². The minimum absolute atomic E-state index is 0.0468. The molecule has 0 aliphatic heterocycles. The lowest BCUT2D eigenvalue weighted by atomic mass is 9.83. The van der Waals surface area contributed by atoms with Crippen LogP contribution in [-0.4, -0.2) is 38.2 Å². The molecule has 3 aromatic rings. The van der Waals surface area contributed by atoms with Gasteiger partial charge in [-0.25, -0.2) is 9.78 Å². The SMILES string of the molecule is CCCCc1nc(Cl)c(C=C(CC2CCCCC2)C(=O)O)n1Cc1ccc(C(C(=O)NCC(O)c2ccccc2)C2CCCC2)cc1. The molecule has 3 N–H and O–H groups in total. The van der Waals surface area contributed by atoms with Crippen LogP contribution in [0, 0.1) is 11.8 Å². The molecule has 2 atom stereocenters. The monoisotopic (exact) mass is 659 g/mol. The average Bonchev–Trinajstić information content (AvgIpc) is 3.72. The molecule has 1 heterocycles. The Bertz CT molecular complexity index is 1490. The van der Waals surface area contributed by atoms with Crippen LogP contribution in [0.5, 0.6) is 0 Å². The number of benzene rings is 2.